The molecule has 0 radical (unpaired) electrons. The lowest BCUT2D eigenvalue weighted by Crippen LogP contribution is -2.44. The molecule has 21 heavy (non-hydrogen) atoms. The van der Waals surface area contributed by atoms with E-state index in [1.54, 1.807) is 12.0 Å². The highest BCUT2D eigenvalue weighted by atomic mass is 16.5. The maximum Gasteiger partial charge on any atom is 0.240 e. The summed E-state index contributed by atoms with van der Waals surface area (Å²) in [6, 6.07) is 3.33. The highest BCUT2D eigenvalue weighted by Gasteiger charge is 2.23. The third kappa shape index (κ3) is 4.32. The summed E-state index contributed by atoms with van der Waals surface area (Å²) < 4.78 is 10.7. The molecule has 0 saturated carbocycles. The zero-order valence-corrected chi connectivity index (χ0v) is 12.6. The molecule has 6 heteroatoms. The lowest BCUT2D eigenvalue weighted by molar-refractivity contribution is -0.138. The number of carbonyl (C=O) groups excluding carboxylic acids is 2. The molecule has 0 aliphatic carbocycles. The van der Waals surface area contributed by atoms with E-state index in [-0.39, 0.29) is 24.4 Å². The van der Waals surface area contributed by atoms with Gasteiger partial charge in [-0.3, -0.25) is 9.59 Å². The fourth-order valence-corrected chi connectivity index (χ4v) is 2.44. The summed E-state index contributed by atoms with van der Waals surface area (Å²) in [5.41, 5.74) is 0. The second-order valence-electron chi connectivity index (χ2n) is 5.30. The molecule has 2 amide bonds. The number of hydrogen-bond acceptors (Lipinski definition) is 4. The van der Waals surface area contributed by atoms with E-state index < -0.39 is 0 Å². The third-order valence-electron chi connectivity index (χ3n) is 3.53. The minimum absolute atomic E-state index is 0.0496. The van der Waals surface area contributed by atoms with Crippen LogP contribution in [0.3, 0.4) is 0 Å². The summed E-state index contributed by atoms with van der Waals surface area (Å²) in [6.07, 6.45) is 2.40. The first-order valence-electron chi connectivity index (χ1n) is 7.22. The zero-order valence-electron chi connectivity index (χ0n) is 12.6. The number of likely N-dealkylation sites (tertiary alicyclic amines) is 1. The molecule has 1 aliphatic heterocycles. The van der Waals surface area contributed by atoms with Crippen molar-refractivity contribution in [3.63, 3.8) is 0 Å². The smallest absolute Gasteiger partial charge is 0.240 e. The Bertz CT molecular complexity index is 498. The van der Waals surface area contributed by atoms with Crippen molar-refractivity contribution in [2.45, 2.75) is 32.2 Å². The van der Waals surface area contributed by atoms with Crippen LogP contribution in [0.1, 0.15) is 36.8 Å². The number of aryl methyl sites for hydroxylation is 1. The standard InChI is InChI=1S/C15H22N2O4/c1-11-6-7-13(21-11)12(10-20-2)16-14(18)9-17-8-4-3-5-15(17)19/h6-7,12H,3-5,8-10H2,1-2H3,(H,16,18). The summed E-state index contributed by atoms with van der Waals surface area (Å²) in [5.74, 6) is 1.30. The Kier molecular flexibility index (Phi) is 5.38. The van der Waals surface area contributed by atoms with E-state index in [1.807, 2.05) is 19.1 Å². The molecule has 1 aliphatic rings. The van der Waals surface area contributed by atoms with E-state index in [9.17, 15) is 9.59 Å². The number of carbonyl (C=O) groups is 2. The summed E-state index contributed by atoms with van der Waals surface area (Å²) in [7, 11) is 1.57. The van der Waals surface area contributed by atoms with Gasteiger partial charge in [0.1, 0.15) is 17.6 Å². The quantitative estimate of drug-likeness (QED) is 0.861. The Labute approximate surface area is 124 Å². The van der Waals surface area contributed by atoms with Crippen LogP contribution in [0.2, 0.25) is 0 Å². The molecule has 1 aromatic heterocycles. The van der Waals surface area contributed by atoms with Gasteiger partial charge in [0.05, 0.1) is 13.2 Å². The number of ether oxygens (including phenoxy) is 1. The van der Waals surface area contributed by atoms with E-state index in [0.717, 1.165) is 18.6 Å². The average molecular weight is 294 g/mol. The predicted octanol–water partition coefficient (Wildman–Crippen LogP) is 1.40. The Morgan fingerprint density at radius 1 is 1.48 bits per heavy atom. The molecule has 0 spiro atoms. The first kappa shape index (κ1) is 15.6. The lowest BCUT2D eigenvalue weighted by atomic mass is 10.1. The van der Waals surface area contributed by atoms with E-state index in [0.29, 0.717) is 25.3 Å². The number of nitrogens with one attached hydrogen (secondary N) is 1. The number of rotatable bonds is 6. The van der Waals surface area contributed by atoms with E-state index >= 15 is 0 Å². The zero-order chi connectivity index (χ0) is 15.2. The van der Waals surface area contributed by atoms with Gasteiger partial charge in [-0.2, -0.15) is 0 Å². The van der Waals surface area contributed by atoms with Gasteiger partial charge >= 0.3 is 0 Å². The van der Waals surface area contributed by atoms with Crippen LogP contribution in [0.4, 0.5) is 0 Å². The van der Waals surface area contributed by atoms with Gasteiger partial charge in [0.25, 0.3) is 0 Å². The van der Waals surface area contributed by atoms with Crippen molar-refractivity contribution >= 4 is 11.8 Å². The summed E-state index contributed by atoms with van der Waals surface area (Å²) in [4.78, 5) is 25.4. The molecular formula is C15H22N2O4. The van der Waals surface area contributed by atoms with Crippen LogP contribution in [0.15, 0.2) is 16.5 Å². The molecule has 6 nitrogen and oxygen atoms in total. The van der Waals surface area contributed by atoms with Crippen molar-refractivity contribution in [2.75, 3.05) is 26.8 Å². The maximum absolute atomic E-state index is 12.1. The van der Waals surface area contributed by atoms with Crippen molar-refractivity contribution in [3.8, 4) is 0 Å². The Morgan fingerprint density at radius 3 is 2.90 bits per heavy atom. The number of furan rings is 1. The first-order chi connectivity index (χ1) is 10.1. The fraction of sp³-hybridized carbons (Fsp3) is 0.600. The van der Waals surface area contributed by atoms with E-state index in [4.69, 9.17) is 9.15 Å². The van der Waals surface area contributed by atoms with Crippen LogP contribution in [0.5, 0.6) is 0 Å². The highest BCUT2D eigenvalue weighted by molar-refractivity contribution is 5.85. The highest BCUT2D eigenvalue weighted by Crippen LogP contribution is 2.17. The molecule has 1 atom stereocenters. The van der Waals surface area contributed by atoms with Crippen molar-refractivity contribution in [2.24, 2.45) is 0 Å². The number of methoxy groups -OCH3 is 1. The molecule has 0 bridgehead atoms. The summed E-state index contributed by atoms with van der Waals surface area (Å²) >= 11 is 0. The van der Waals surface area contributed by atoms with Crippen LogP contribution in [0, 0.1) is 6.92 Å². The number of nitrogens with zero attached hydrogens (tertiary/aromatic N) is 1. The number of piperidine rings is 1. The van der Waals surface area contributed by atoms with Gasteiger partial charge in [0, 0.05) is 20.1 Å². The van der Waals surface area contributed by atoms with Crippen LogP contribution in [-0.2, 0) is 14.3 Å². The number of hydrogen-bond donors (Lipinski definition) is 1. The van der Waals surface area contributed by atoms with Gasteiger partial charge in [-0.1, -0.05) is 0 Å². The monoisotopic (exact) mass is 294 g/mol. The predicted molar refractivity (Wildman–Crippen MR) is 76.6 cm³/mol. The third-order valence-corrected chi connectivity index (χ3v) is 3.53. The fourth-order valence-electron chi connectivity index (χ4n) is 2.44. The van der Waals surface area contributed by atoms with Gasteiger partial charge in [0.15, 0.2) is 0 Å². The lowest BCUT2D eigenvalue weighted by Gasteiger charge is -2.26. The minimum Gasteiger partial charge on any atom is -0.464 e. The normalized spacial score (nSPS) is 16.9. The van der Waals surface area contributed by atoms with Gasteiger partial charge in [0.2, 0.25) is 11.8 Å². The largest absolute Gasteiger partial charge is 0.464 e. The first-order valence-corrected chi connectivity index (χ1v) is 7.22. The Balaban J connectivity index is 1.93. The Hall–Kier alpha value is -1.82. The molecule has 1 aromatic rings. The molecule has 1 unspecified atom stereocenters. The molecule has 1 saturated heterocycles. The van der Waals surface area contributed by atoms with E-state index in [2.05, 4.69) is 5.32 Å². The topological polar surface area (TPSA) is 71.8 Å². The molecule has 1 fully saturated rings. The van der Waals surface area contributed by atoms with Crippen LogP contribution >= 0.6 is 0 Å². The second-order valence-corrected chi connectivity index (χ2v) is 5.30. The van der Waals surface area contributed by atoms with Gasteiger partial charge in [-0.25, -0.2) is 0 Å². The van der Waals surface area contributed by atoms with Crippen molar-refractivity contribution < 1.29 is 18.7 Å². The minimum atomic E-state index is -0.337. The van der Waals surface area contributed by atoms with Gasteiger partial charge < -0.3 is 19.4 Å². The second kappa shape index (κ2) is 7.26. The van der Waals surface area contributed by atoms with Crippen molar-refractivity contribution in [1.29, 1.82) is 0 Å². The Morgan fingerprint density at radius 2 is 2.29 bits per heavy atom. The maximum atomic E-state index is 12.1. The van der Waals surface area contributed by atoms with Crippen LogP contribution < -0.4 is 5.32 Å². The summed E-state index contributed by atoms with van der Waals surface area (Å²) in [6.45, 7) is 2.92. The van der Waals surface area contributed by atoms with Crippen LogP contribution in [-0.4, -0.2) is 43.5 Å². The molecule has 0 aromatic carbocycles. The molecule has 1 N–H and O–H groups in total. The van der Waals surface area contributed by atoms with E-state index in [1.165, 1.54) is 0 Å². The van der Waals surface area contributed by atoms with Crippen LogP contribution in [0.25, 0.3) is 0 Å². The van der Waals surface area contributed by atoms with Crippen molar-refractivity contribution in [1.82, 2.24) is 10.2 Å². The van der Waals surface area contributed by atoms with Gasteiger partial charge in [-0.05, 0) is 31.9 Å². The molecule has 2 heterocycles. The van der Waals surface area contributed by atoms with Gasteiger partial charge in [-0.15, -0.1) is 0 Å². The van der Waals surface area contributed by atoms with Crippen molar-refractivity contribution in [3.05, 3.63) is 23.7 Å². The molecule has 2 rings (SSSR count). The molecular weight excluding hydrogens is 272 g/mol. The number of amides is 2. The SMILES string of the molecule is COCC(NC(=O)CN1CCCCC1=O)c1ccc(C)o1. The summed E-state index contributed by atoms with van der Waals surface area (Å²) in [5, 5.41) is 2.86. The average Bonchev–Trinajstić information content (AvgIpc) is 2.87. The molecule has 116 valence electrons.